The average molecular weight is 574 g/mol. The van der Waals surface area contributed by atoms with Gasteiger partial charge in [-0.15, -0.1) is 6.58 Å². The predicted octanol–water partition coefficient (Wildman–Crippen LogP) is 3.72. The van der Waals surface area contributed by atoms with Crippen LogP contribution in [-0.4, -0.2) is 38.8 Å². The largest absolute Gasteiger partial charge is 0.463 e. The summed E-state index contributed by atoms with van der Waals surface area (Å²) in [6.45, 7) is 5.63. The summed E-state index contributed by atoms with van der Waals surface area (Å²) < 4.78 is 6.89. The number of halogens is 1. The number of hydrogen-bond donors (Lipinski definition) is 2. The predicted molar refractivity (Wildman–Crippen MR) is 153 cm³/mol. The maximum atomic E-state index is 14.1. The standard InChI is InChI=1S/C30H28ClN5O5/c1-3-14-35-21-9-8-19(31)15-18(21)16-20(29(35)39)24-25-22(6-5-7-23(25)37)36(27(32)26(24)30(40)41-4-2)34-28(38)17-10-12-33-13-11-17/h3,8-13,15-16,24H,1,4-7,14,32H2,2H3,(H,34,38). The second-order valence-corrected chi connectivity index (χ2v) is 10.0. The van der Waals surface area contributed by atoms with Crippen molar-refractivity contribution in [1.29, 1.82) is 0 Å². The molecule has 1 unspecified atom stereocenters. The summed E-state index contributed by atoms with van der Waals surface area (Å²) in [7, 11) is 0. The van der Waals surface area contributed by atoms with Gasteiger partial charge in [0.05, 0.1) is 23.6 Å². The molecule has 210 valence electrons. The summed E-state index contributed by atoms with van der Waals surface area (Å²) in [4.78, 5) is 58.3. The van der Waals surface area contributed by atoms with Gasteiger partial charge in [0.1, 0.15) is 5.82 Å². The number of carbonyl (C=O) groups excluding carboxylic acids is 3. The first-order chi connectivity index (χ1) is 19.8. The van der Waals surface area contributed by atoms with Crippen molar-refractivity contribution in [2.24, 2.45) is 5.73 Å². The Hall–Kier alpha value is -4.70. The van der Waals surface area contributed by atoms with E-state index in [-0.39, 0.29) is 47.9 Å². The molecule has 1 aliphatic heterocycles. The van der Waals surface area contributed by atoms with Crippen molar-refractivity contribution in [3.8, 4) is 0 Å². The SMILES string of the molecule is C=CCn1c(=O)c(C2C(C(=O)OCC)=C(N)N(NC(=O)c3ccncc3)C3=C2C(=O)CCC3)cc2cc(Cl)ccc21. The van der Waals surface area contributed by atoms with Gasteiger partial charge >= 0.3 is 5.97 Å². The third-order valence-corrected chi connectivity index (χ3v) is 7.39. The van der Waals surface area contributed by atoms with Crippen LogP contribution in [0.2, 0.25) is 5.02 Å². The first-order valence-electron chi connectivity index (χ1n) is 13.1. The maximum absolute atomic E-state index is 14.1. The molecule has 0 bridgehead atoms. The number of fused-ring (bicyclic) bond motifs is 1. The fraction of sp³-hybridized carbons (Fsp3) is 0.233. The number of carbonyl (C=O) groups is 3. The zero-order valence-corrected chi connectivity index (χ0v) is 23.1. The molecule has 5 rings (SSSR count). The molecule has 1 atom stereocenters. The Morgan fingerprint density at radius 1 is 1.20 bits per heavy atom. The van der Waals surface area contributed by atoms with Crippen molar-refractivity contribution in [3.05, 3.63) is 111 Å². The lowest BCUT2D eigenvalue weighted by molar-refractivity contribution is -0.139. The number of esters is 1. The normalized spacial score (nSPS) is 17.0. The zero-order valence-electron chi connectivity index (χ0n) is 22.4. The lowest BCUT2D eigenvalue weighted by Crippen LogP contribution is -2.49. The highest BCUT2D eigenvalue weighted by Gasteiger charge is 2.44. The van der Waals surface area contributed by atoms with E-state index in [1.54, 1.807) is 37.3 Å². The highest BCUT2D eigenvalue weighted by Crippen LogP contribution is 2.44. The number of aromatic nitrogens is 2. The van der Waals surface area contributed by atoms with Gasteiger partial charge in [-0.1, -0.05) is 17.7 Å². The van der Waals surface area contributed by atoms with Crippen LogP contribution in [0, 0.1) is 0 Å². The average Bonchev–Trinajstić information content (AvgIpc) is 2.96. The Kier molecular flexibility index (Phi) is 7.76. The quantitative estimate of drug-likeness (QED) is 0.322. The Balaban J connectivity index is 1.77. The topological polar surface area (TPSA) is 137 Å². The second-order valence-electron chi connectivity index (χ2n) is 9.61. The van der Waals surface area contributed by atoms with Crippen LogP contribution in [0.1, 0.15) is 48.0 Å². The van der Waals surface area contributed by atoms with Crippen molar-refractivity contribution >= 4 is 40.2 Å². The highest BCUT2D eigenvalue weighted by molar-refractivity contribution is 6.31. The molecule has 3 aromatic rings. The summed E-state index contributed by atoms with van der Waals surface area (Å²) in [5.41, 5.74) is 10.6. The number of rotatable bonds is 7. The van der Waals surface area contributed by atoms with Gasteiger partial charge in [-0.3, -0.25) is 24.8 Å². The minimum atomic E-state index is -1.13. The lowest BCUT2D eigenvalue weighted by atomic mass is 9.75. The molecule has 11 heteroatoms. The van der Waals surface area contributed by atoms with E-state index in [0.29, 0.717) is 40.0 Å². The zero-order chi connectivity index (χ0) is 29.3. The fourth-order valence-electron chi connectivity index (χ4n) is 5.40. The first kappa shape index (κ1) is 27.9. The van der Waals surface area contributed by atoms with E-state index in [1.807, 2.05) is 0 Å². The fourth-order valence-corrected chi connectivity index (χ4v) is 5.58. The Morgan fingerprint density at radius 3 is 2.66 bits per heavy atom. The number of ether oxygens (including phenoxy) is 1. The van der Waals surface area contributed by atoms with E-state index in [4.69, 9.17) is 22.1 Å². The number of ketones is 1. The van der Waals surface area contributed by atoms with E-state index in [0.717, 1.165) is 0 Å². The number of Topliss-reactive ketones (excluding diaryl/α,β-unsaturated/α-hetero) is 1. The molecule has 0 saturated heterocycles. The van der Waals surface area contributed by atoms with E-state index in [1.165, 1.54) is 34.1 Å². The number of nitrogens with one attached hydrogen (secondary N) is 1. The third kappa shape index (κ3) is 5.02. The Morgan fingerprint density at radius 2 is 1.95 bits per heavy atom. The van der Waals surface area contributed by atoms with Crippen molar-refractivity contribution in [3.63, 3.8) is 0 Å². The minimum Gasteiger partial charge on any atom is -0.463 e. The van der Waals surface area contributed by atoms with Gasteiger partial charge in [-0.25, -0.2) is 9.80 Å². The molecule has 2 aliphatic rings. The van der Waals surface area contributed by atoms with Gasteiger partial charge in [0.2, 0.25) is 0 Å². The molecule has 1 aliphatic carbocycles. The number of hydrazine groups is 1. The molecule has 1 amide bonds. The Labute approximate surface area is 240 Å². The van der Waals surface area contributed by atoms with E-state index < -0.39 is 23.4 Å². The van der Waals surface area contributed by atoms with E-state index in [2.05, 4.69) is 17.0 Å². The smallest absolute Gasteiger partial charge is 0.338 e. The summed E-state index contributed by atoms with van der Waals surface area (Å²) in [5.74, 6) is -2.84. The number of nitrogens with two attached hydrogens (primary N) is 1. The summed E-state index contributed by atoms with van der Waals surface area (Å²) >= 11 is 6.30. The van der Waals surface area contributed by atoms with E-state index in [9.17, 15) is 19.2 Å². The highest BCUT2D eigenvalue weighted by atomic mass is 35.5. The molecule has 3 heterocycles. The van der Waals surface area contributed by atoms with Crippen molar-refractivity contribution in [2.45, 2.75) is 38.6 Å². The maximum Gasteiger partial charge on any atom is 0.338 e. The van der Waals surface area contributed by atoms with Crippen LogP contribution in [-0.2, 0) is 20.9 Å². The molecule has 0 fully saturated rings. The van der Waals surface area contributed by atoms with Gasteiger partial charge in [0, 0.05) is 58.2 Å². The van der Waals surface area contributed by atoms with Crippen LogP contribution in [0.3, 0.4) is 0 Å². The number of nitrogens with zero attached hydrogens (tertiary/aromatic N) is 3. The van der Waals surface area contributed by atoms with Crippen molar-refractivity contribution in [1.82, 2.24) is 20.0 Å². The van der Waals surface area contributed by atoms with Crippen LogP contribution in [0.5, 0.6) is 0 Å². The van der Waals surface area contributed by atoms with Gasteiger partial charge < -0.3 is 15.0 Å². The number of allylic oxidation sites excluding steroid dienone is 3. The monoisotopic (exact) mass is 573 g/mol. The van der Waals surface area contributed by atoms with Crippen LogP contribution in [0.15, 0.2) is 88.9 Å². The minimum absolute atomic E-state index is 0.0274. The second kappa shape index (κ2) is 11.4. The summed E-state index contributed by atoms with van der Waals surface area (Å²) in [5, 5.41) is 2.36. The number of pyridine rings is 2. The summed E-state index contributed by atoms with van der Waals surface area (Å²) in [6, 6.07) is 9.81. The number of benzene rings is 1. The van der Waals surface area contributed by atoms with Crippen molar-refractivity contribution in [2.75, 3.05) is 6.61 Å². The molecule has 0 saturated carbocycles. The molecule has 2 aromatic heterocycles. The summed E-state index contributed by atoms with van der Waals surface area (Å²) in [6.07, 6.45) is 5.62. The molecule has 41 heavy (non-hydrogen) atoms. The lowest BCUT2D eigenvalue weighted by Gasteiger charge is -2.40. The molecular weight excluding hydrogens is 546 g/mol. The van der Waals surface area contributed by atoms with Crippen LogP contribution >= 0.6 is 11.6 Å². The van der Waals surface area contributed by atoms with Crippen LogP contribution in [0.4, 0.5) is 0 Å². The third-order valence-electron chi connectivity index (χ3n) is 7.15. The molecule has 0 spiro atoms. The number of hydrogen-bond acceptors (Lipinski definition) is 8. The van der Waals surface area contributed by atoms with Gasteiger partial charge in [0.15, 0.2) is 5.78 Å². The molecular formula is C30H28ClN5O5. The van der Waals surface area contributed by atoms with Gasteiger partial charge in [-0.2, -0.15) is 0 Å². The first-order valence-corrected chi connectivity index (χ1v) is 13.5. The molecule has 3 N–H and O–H groups in total. The molecule has 10 nitrogen and oxygen atoms in total. The van der Waals surface area contributed by atoms with Crippen LogP contribution < -0.4 is 16.7 Å². The van der Waals surface area contributed by atoms with Crippen LogP contribution in [0.25, 0.3) is 10.9 Å². The molecule has 0 radical (unpaired) electrons. The Bertz CT molecular complexity index is 1710. The van der Waals surface area contributed by atoms with Crippen molar-refractivity contribution < 1.29 is 19.1 Å². The van der Waals surface area contributed by atoms with E-state index >= 15 is 0 Å². The molecule has 1 aromatic carbocycles. The van der Waals surface area contributed by atoms with Gasteiger partial charge in [-0.05, 0) is 56.2 Å². The number of amides is 1. The van der Waals surface area contributed by atoms with Gasteiger partial charge in [0.25, 0.3) is 11.5 Å².